The van der Waals surface area contributed by atoms with Crippen molar-refractivity contribution in [3.8, 4) is 0 Å². The van der Waals surface area contributed by atoms with Crippen LogP contribution >= 0.6 is 12.6 Å². The first-order valence-electron chi connectivity index (χ1n) is 3.74. The summed E-state index contributed by atoms with van der Waals surface area (Å²) in [4.78, 5) is 11.0. The molecule has 0 heterocycles. The summed E-state index contributed by atoms with van der Waals surface area (Å²) in [7, 11) is 0. The lowest BCUT2D eigenvalue weighted by molar-refractivity contribution is -0.151. The first-order chi connectivity index (χ1) is 5.49. The van der Waals surface area contributed by atoms with E-state index in [1.54, 1.807) is 13.8 Å². The molecule has 0 radical (unpaired) electrons. The molecule has 0 saturated heterocycles. The third-order valence-electron chi connectivity index (χ3n) is 1.23. The standard InChI is InChI=1S/C7H15NO3S/c1-4(2)11-7(10)6(8)5(9)3-12/h4-6,9,12H,3,8H2,1-2H3. The minimum Gasteiger partial charge on any atom is -0.462 e. The van der Waals surface area contributed by atoms with Crippen LogP contribution in [0.4, 0.5) is 0 Å². The van der Waals surface area contributed by atoms with Crippen LogP contribution in [-0.2, 0) is 9.53 Å². The number of nitrogens with two attached hydrogens (primary N) is 1. The van der Waals surface area contributed by atoms with Gasteiger partial charge in [0.2, 0.25) is 0 Å². The Labute approximate surface area is 77.5 Å². The number of carbonyl (C=O) groups excluding carboxylic acids is 1. The van der Waals surface area contributed by atoms with Gasteiger partial charge in [0.25, 0.3) is 0 Å². The Morgan fingerprint density at radius 2 is 2.17 bits per heavy atom. The van der Waals surface area contributed by atoms with Crippen LogP contribution in [0.2, 0.25) is 0 Å². The van der Waals surface area contributed by atoms with Gasteiger partial charge in [-0.15, -0.1) is 0 Å². The van der Waals surface area contributed by atoms with E-state index in [0.29, 0.717) is 0 Å². The highest BCUT2D eigenvalue weighted by molar-refractivity contribution is 7.80. The summed E-state index contributed by atoms with van der Waals surface area (Å²) in [6, 6.07) is -0.995. The molecule has 0 spiro atoms. The van der Waals surface area contributed by atoms with E-state index in [0.717, 1.165) is 0 Å². The lowest BCUT2D eigenvalue weighted by Gasteiger charge is -2.17. The molecular weight excluding hydrogens is 178 g/mol. The fraction of sp³-hybridized carbons (Fsp3) is 0.857. The summed E-state index contributed by atoms with van der Waals surface area (Å²) in [5.41, 5.74) is 5.35. The molecule has 0 aromatic carbocycles. The molecule has 0 aliphatic rings. The quantitative estimate of drug-likeness (QED) is 0.418. The number of carbonyl (C=O) groups is 1. The lowest BCUT2D eigenvalue weighted by Crippen LogP contribution is -2.44. The largest absolute Gasteiger partial charge is 0.462 e. The molecule has 2 atom stereocenters. The van der Waals surface area contributed by atoms with Crippen molar-refractivity contribution in [2.24, 2.45) is 5.73 Å². The van der Waals surface area contributed by atoms with Gasteiger partial charge in [-0.25, -0.2) is 0 Å². The summed E-state index contributed by atoms with van der Waals surface area (Å²) >= 11 is 3.80. The van der Waals surface area contributed by atoms with E-state index >= 15 is 0 Å². The molecule has 5 heteroatoms. The second-order valence-corrected chi connectivity index (χ2v) is 3.13. The zero-order chi connectivity index (χ0) is 9.72. The van der Waals surface area contributed by atoms with Gasteiger partial charge in [-0.2, -0.15) is 12.6 Å². The van der Waals surface area contributed by atoms with Crippen molar-refractivity contribution < 1.29 is 14.6 Å². The maximum atomic E-state index is 11.0. The molecule has 2 unspecified atom stereocenters. The number of ether oxygens (including phenoxy) is 1. The predicted octanol–water partition coefficient (Wildman–Crippen LogP) is -0.444. The molecule has 0 fully saturated rings. The third kappa shape index (κ3) is 3.94. The second kappa shape index (κ2) is 5.40. The van der Waals surface area contributed by atoms with Gasteiger partial charge in [0.1, 0.15) is 6.04 Å². The fourth-order valence-electron chi connectivity index (χ4n) is 0.582. The van der Waals surface area contributed by atoms with Crippen LogP contribution in [0.3, 0.4) is 0 Å². The molecule has 0 bridgehead atoms. The highest BCUT2D eigenvalue weighted by atomic mass is 32.1. The summed E-state index contributed by atoms with van der Waals surface area (Å²) in [5, 5.41) is 9.11. The van der Waals surface area contributed by atoms with Crippen LogP contribution in [0, 0.1) is 0 Å². The minimum absolute atomic E-state index is 0.147. The summed E-state index contributed by atoms with van der Waals surface area (Å²) in [6.45, 7) is 3.44. The van der Waals surface area contributed by atoms with Gasteiger partial charge in [-0.1, -0.05) is 0 Å². The Morgan fingerprint density at radius 3 is 2.50 bits per heavy atom. The van der Waals surface area contributed by atoms with Crippen molar-refractivity contribution in [1.29, 1.82) is 0 Å². The van der Waals surface area contributed by atoms with Gasteiger partial charge in [0.15, 0.2) is 0 Å². The van der Waals surface area contributed by atoms with Crippen molar-refractivity contribution in [2.45, 2.75) is 32.1 Å². The summed E-state index contributed by atoms with van der Waals surface area (Å²) < 4.78 is 4.78. The molecule has 72 valence electrons. The van der Waals surface area contributed by atoms with Crippen molar-refractivity contribution in [1.82, 2.24) is 0 Å². The molecule has 12 heavy (non-hydrogen) atoms. The normalized spacial score (nSPS) is 15.8. The monoisotopic (exact) mass is 193 g/mol. The topological polar surface area (TPSA) is 72.5 Å². The number of esters is 1. The Hall–Kier alpha value is -0.260. The van der Waals surface area contributed by atoms with Crippen LogP contribution in [0.25, 0.3) is 0 Å². The number of aliphatic hydroxyl groups is 1. The van der Waals surface area contributed by atoms with Crippen molar-refractivity contribution in [3.05, 3.63) is 0 Å². The van der Waals surface area contributed by atoms with E-state index in [2.05, 4.69) is 12.6 Å². The van der Waals surface area contributed by atoms with Gasteiger partial charge in [0.05, 0.1) is 12.2 Å². The molecule has 3 N–H and O–H groups in total. The predicted molar refractivity (Wildman–Crippen MR) is 49.1 cm³/mol. The first-order valence-corrected chi connectivity index (χ1v) is 4.37. The molecule has 0 rings (SSSR count). The second-order valence-electron chi connectivity index (χ2n) is 2.76. The van der Waals surface area contributed by atoms with Gasteiger partial charge in [-0.3, -0.25) is 4.79 Å². The van der Waals surface area contributed by atoms with E-state index in [9.17, 15) is 4.79 Å². The van der Waals surface area contributed by atoms with E-state index in [1.165, 1.54) is 0 Å². The van der Waals surface area contributed by atoms with E-state index in [-0.39, 0.29) is 11.9 Å². The zero-order valence-corrected chi connectivity index (χ0v) is 8.12. The average molecular weight is 193 g/mol. The molecule has 4 nitrogen and oxygen atoms in total. The van der Waals surface area contributed by atoms with Gasteiger partial charge in [0, 0.05) is 5.75 Å². The number of rotatable bonds is 4. The molecule has 0 saturated carbocycles. The zero-order valence-electron chi connectivity index (χ0n) is 7.23. The molecule has 0 aliphatic carbocycles. The van der Waals surface area contributed by atoms with Crippen molar-refractivity contribution >= 4 is 18.6 Å². The average Bonchev–Trinajstić information content (AvgIpc) is 2.00. The summed E-state index contributed by atoms with van der Waals surface area (Å²) in [5.74, 6) is -0.444. The van der Waals surface area contributed by atoms with E-state index in [1.807, 2.05) is 0 Å². The maximum absolute atomic E-state index is 11.0. The van der Waals surface area contributed by atoms with Gasteiger partial charge < -0.3 is 15.6 Å². The Kier molecular flexibility index (Phi) is 5.28. The number of hydrogen-bond donors (Lipinski definition) is 3. The Bertz CT molecular complexity index is 152. The molecule has 0 amide bonds. The van der Waals surface area contributed by atoms with Crippen LogP contribution in [-0.4, -0.2) is 35.1 Å². The first kappa shape index (κ1) is 11.7. The van der Waals surface area contributed by atoms with Gasteiger partial charge >= 0.3 is 5.97 Å². The van der Waals surface area contributed by atoms with Gasteiger partial charge in [-0.05, 0) is 13.8 Å². The van der Waals surface area contributed by atoms with Crippen LogP contribution in [0.15, 0.2) is 0 Å². The van der Waals surface area contributed by atoms with Crippen LogP contribution in [0.1, 0.15) is 13.8 Å². The Morgan fingerprint density at radius 1 is 1.67 bits per heavy atom. The third-order valence-corrected chi connectivity index (χ3v) is 1.60. The lowest BCUT2D eigenvalue weighted by atomic mass is 10.2. The molecule has 0 aliphatic heterocycles. The maximum Gasteiger partial charge on any atom is 0.325 e. The number of hydrogen-bond acceptors (Lipinski definition) is 5. The SMILES string of the molecule is CC(C)OC(=O)C(N)C(O)CS. The highest BCUT2D eigenvalue weighted by Gasteiger charge is 2.23. The van der Waals surface area contributed by atoms with E-state index in [4.69, 9.17) is 15.6 Å². The minimum atomic E-state index is -0.995. The Balaban J connectivity index is 3.92. The van der Waals surface area contributed by atoms with Crippen molar-refractivity contribution in [2.75, 3.05) is 5.75 Å². The van der Waals surface area contributed by atoms with E-state index < -0.39 is 18.1 Å². The molecule has 0 aromatic heterocycles. The number of thiol groups is 1. The summed E-state index contributed by atoms with van der Waals surface area (Å²) in [6.07, 6.45) is -1.16. The fourth-order valence-corrected chi connectivity index (χ4v) is 0.809. The number of aliphatic hydroxyl groups excluding tert-OH is 1. The molecule has 0 aromatic rings. The van der Waals surface area contributed by atoms with Crippen molar-refractivity contribution in [3.63, 3.8) is 0 Å². The highest BCUT2D eigenvalue weighted by Crippen LogP contribution is 1.98. The van der Waals surface area contributed by atoms with Crippen LogP contribution in [0.5, 0.6) is 0 Å². The molecular formula is C7H15NO3S. The van der Waals surface area contributed by atoms with Crippen LogP contribution < -0.4 is 5.73 Å². The smallest absolute Gasteiger partial charge is 0.325 e.